The minimum atomic E-state index is -4.92. The molecular weight excluding hydrogens is 495 g/mol. The first-order valence-electron chi connectivity index (χ1n) is 10.6. The molecule has 36 heavy (non-hydrogen) atoms. The molecule has 0 aromatic heterocycles. The van der Waals surface area contributed by atoms with Crippen LogP contribution in [-0.2, 0) is 6.54 Å². The van der Waals surface area contributed by atoms with Gasteiger partial charge in [0.25, 0.3) is 0 Å². The molecule has 0 aliphatic heterocycles. The van der Waals surface area contributed by atoms with Gasteiger partial charge in [-0.1, -0.05) is 36.4 Å². The van der Waals surface area contributed by atoms with E-state index in [-0.39, 0.29) is 17.8 Å². The van der Waals surface area contributed by atoms with Crippen molar-refractivity contribution in [2.24, 2.45) is 0 Å². The molecule has 3 aromatic carbocycles. The molecule has 4 nitrogen and oxygen atoms in total. The third-order valence-electron chi connectivity index (χ3n) is 5.06. The number of ether oxygens (including phenoxy) is 2. The van der Waals surface area contributed by atoms with E-state index in [9.17, 15) is 35.8 Å². The number of anilines is 1. The van der Waals surface area contributed by atoms with E-state index in [2.05, 4.69) is 4.74 Å². The van der Waals surface area contributed by atoms with E-state index >= 15 is 0 Å². The topological polar surface area (TPSA) is 41.9 Å². The lowest BCUT2D eigenvalue weighted by molar-refractivity contribution is -0.253. The summed E-state index contributed by atoms with van der Waals surface area (Å²) >= 11 is 0. The Morgan fingerprint density at radius 3 is 2.19 bits per heavy atom. The fourth-order valence-electron chi connectivity index (χ4n) is 3.24. The number of benzene rings is 3. The summed E-state index contributed by atoms with van der Waals surface area (Å²) in [5.41, 5.74) is 1.23. The van der Waals surface area contributed by atoms with Crippen molar-refractivity contribution in [1.82, 2.24) is 0 Å². The van der Waals surface area contributed by atoms with Gasteiger partial charge in [0.05, 0.1) is 6.54 Å². The van der Waals surface area contributed by atoms with Crippen LogP contribution < -0.4 is 14.4 Å². The normalized spacial score (nSPS) is 12.9. The van der Waals surface area contributed by atoms with E-state index in [0.717, 1.165) is 22.6 Å². The number of hydrogen-bond donors (Lipinski definition) is 1. The number of para-hydroxylation sites is 1. The maximum atomic E-state index is 13.3. The summed E-state index contributed by atoms with van der Waals surface area (Å²) in [6.07, 6.45) is -16.5. The van der Waals surface area contributed by atoms with E-state index in [0.29, 0.717) is 11.5 Å². The molecule has 0 fully saturated rings. The van der Waals surface area contributed by atoms with Crippen molar-refractivity contribution in [3.05, 3.63) is 83.9 Å². The third-order valence-corrected chi connectivity index (χ3v) is 5.06. The van der Waals surface area contributed by atoms with Crippen molar-refractivity contribution in [3.63, 3.8) is 0 Å². The summed E-state index contributed by atoms with van der Waals surface area (Å²) in [6, 6.07) is 17.8. The number of nitrogens with zero attached hydrogens (tertiary/aromatic N) is 1. The highest BCUT2D eigenvalue weighted by Crippen LogP contribution is 2.32. The number of aryl methyl sites for hydroxylation is 1. The quantitative estimate of drug-likeness (QED) is 0.296. The highest BCUT2D eigenvalue weighted by molar-refractivity contribution is 5.53. The average molecular weight is 517 g/mol. The molecule has 0 saturated heterocycles. The van der Waals surface area contributed by atoms with Gasteiger partial charge < -0.3 is 19.5 Å². The van der Waals surface area contributed by atoms with E-state index in [1.54, 1.807) is 24.3 Å². The predicted octanol–water partition coefficient (Wildman–Crippen LogP) is 6.95. The Kier molecular flexibility index (Phi) is 8.34. The van der Waals surface area contributed by atoms with Gasteiger partial charge in [0.1, 0.15) is 17.2 Å². The largest absolute Gasteiger partial charge is 0.461 e. The molecule has 1 N–H and O–H groups in total. The Morgan fingerprint density at radius 1 is 0.861 bits per heavy atom. The Bertz CT molecular complexity index is 1150. The Balaban J connectivity index is 1.89. The van der Waals surface area contributed by atoms with Crippen LogP contribution in [0.2, 0.25) is 0 Å². The number of aliphatic hydroxyl groups is 1. The van der Waals surface area contributed by atoms with Crippen LogP contribution in [0.1, 0.15) is 11.1 Å². The molecule has 0 radical (unpaired) electrons. The molecule has 11 heteroatoms. The number of hydrogen-bond acceptors (Lipinski definition) is 4. The monoisotopic (exact) mass is 517 g/mol. The van der Waals surface area contributed by atoms with Crippen LogP contribution in [0.3, 0.4) is 0 Å². The molecular formula is C25H22F7NO3. The molecule has 0 amide bonds. The van der Waals surface area contributed by atoms with Crippen LogP contribution in [0.4, 0.5) is 36.4 Å². The highest BCUT2D eigenvalue weighted by atomic mass is 19.4. The second-order valence-corrected chi connectivity index (χ2v) is 7.91. The highest BCUT2D eigenvalue weighted by Gasteiger charge is 2.44. The molecule has 0 spiro atoms. The molecule has 0 heterocycles. The Hall–Kier alpha value is -3.47. The van der Waals surface area contributed by atoms with E-state index < -0.39 is 37.1 Å². The smallest absolute Gasteiger partial charge is 0.457 e. The lowest BCUT2D eigenvalue weighted by Crippen LogP contribution is -2.40. The first-order valence-corrected chi connectivity index (χ1v) is 10.6. The molecule has 3 rings (SSSR count). The summed E-state index contributed by atoms with van der Waals surface area (Å²) in [5.74, 6) is 0.244. The van der Waals surface area contributed by atoms with Gasteiger partial charge in [0, 0.05) is 18.3 Å². The summed E-state index contributed by atoms with van der Waals surface area (Å²) in [6.45, 7) is 0.631. The van der Waals surface area contributed by atoms with Crippen molar-refractivity contribution in [1.29, 1.82) is 0 Å². The first-order chi connectivity index (χ1) is 16.8. The average Bonchev–Trinajstić information content (AvgIpc) is 2.79. The predicted molar refractivity (Wildman–Crippen MR) is 119 cm³/mol. The van der Waals surface area contributed by atoms with Crippen molar-refractivity contribution >= 4 is 5.69 Å². The van der Waals surface area contributed by atoms with E-state index in [4.69, 9.17) is 4.74 Å². The maximum Gasteiger partial charge on any atom is 0.461 e. The number of alkyl halides is 7. The standard InChI is InChI=1S/C25H22F7NO3/c1-16-6-2-3-11-21(16)35-19-9-5-8-18(13-19)33(15-22(34)24(28,29)30)14-17-7-4-10-20(12-17)36-25(31,32)23(26)27/h2-13,22-23,34H,14-15H2,1H3. The van der Waals surface area contributed by atoms with Crippen LogP contribution in [-0.4, -0.2) is 36.5 Å². The van der Waals surface area contributed by atoms with E-state index in [1.807, 2.05) is 19.1 Å². The zero-order valence-corrected chi connectivity index (χ0v) is 18.9. The molecule has 0 aliphatic carbocycles. The fraction of sp³-hybridized carbons (Fsp3) is 0.280. The molecule has 3 aromatic rings. The molecule has 0 aliphatic rings. The second kappa shape index (κ2) is 11.1. The Morgan fingerprint density at radius 2 is 1.53 bits per heavy atom. The van der Waals surface area contributed by atoms with Gasteiger partial charge in [-0.3, -0.25) is 0 Å². The lowest BCUT2D eigenvalue weighted by atomic mass is 10.1. The van der Waals surface area contributed by atoms with Crippen LogP contribution in [0.5, 0.6) is 17.2 Å². The van der Waals surface area contributed by atoms with Crippen LogP contribution in [0.15, 0.2) is 72.8 Å². The van der Waals surface area contributed by atoms with Gasteiger partial charge >= 0.3 is 18.7 Å². The zero-order valence-electron chi connectivity index (χ0n) is 18.9. The maximum absolute atomic E-state index is 13.3. The van der Waals surface area contributed by atoms with Crippen LogP contribution in [0.25, 0.3) is 0 Å². The van der Waals surface area contributed by atoms with Crippen LogP contribution >= 0.6 is 0 Å². The van der Waals surface area contributed by atoms with E-state index in [1.165, 1.54) is 24.3 Å². The van der Waals surface area contributed by atoms with Gasteiger partial charge in [-0.05, 0) is 48.4 Å². The van der Waals surface area contributed by atoms with Gasteiger partial charge in [-0.25, -0.2) is 0 Å². The first kappa shape index (κ1) is 27.1. The number of halogens is 7. The van der Waals surface area contributed by atoms with Gasteiger partial charge in [-0.15, -0.1) is 0 Å². The number of rotatable bonds is 10. The molecule has 0 bridgehead atoms. The Labute approximate surface area is 202 Å². The molecule has 0 saturated carbocycles. The van der Waals surface area contributed by atoms with Crippen molar-refractivity contribution in [2.45, 2.75) is 38.3 Å². The van der Waals surface area contributed by atoms with Gasteiger partial charge in [0.15, 0.2) is 6.10 Å². The minimum absolute atomic E-state index is 0.178. The van der Waals surface area contributed by atoms with Gasteiger partial charge in [0.2, 0.25) is 0 Å². The molecule has 1 unspecified atom stereocenters. The molecule has 1 atom stereocenters. The molecule has 194 valence electrons. The van der Waals surface area contributed by atoms with Crippen molar-refractivity contribution in [3.8, 4) is 17.2 Å². The summed E-state index contributed by atoms with van der Waals surface area (Å²) in [4.78, 5) is 1.16. The van der Waals surface area contributed by atoms with Crippen molar-refractivity contribution < 1.29 is 45.3 Å². The second-order valence-electron chi connectivity index (χ2n) is 7.91. The number of aliphatic hydroxyl groups excluding tert-OH is 1. The fourth-order valence-corrected chi connectivity index (χ4v) is 3.24. The lowest BCUT2D eigenvalue weighted by Gasteiger charge is -2.29. The van der Waals surface area contributed by atoms with Gasteiger partial charge in [-0.2, -0.15) is 30.7 Å². The summed E-state index contributed by atoms with van der Waals surface area (Å²) < 4.78 is 101. The minimum Gasteiger partial charge on any atom is -0.457 e. The summed E-state index contributed by atoms with van der Waals surface area (Å²) in [5, 5.41) is 9.70. The summed E-state index contributed by atoms with van der Waals surface area (Å²) in [7, 11) is 0. The van der Waals surface area contributed by atoms with Crippen LogP contribution in [0, 0.1) is 6.92 Å². The SMILES string of the molecule is Cc1ccccc1Oc1cccc(N(Cc2cccc(OC(F)(F)C(F)F)c2)CC(O)C(F)(F)F)c1. The van der Waals surface area contributed by atoms with Crippen molar-refractivity contribution in [2.75, 3.05) is 11.4 Å². The zero-order chi connectivity index (χ0) is 26.5. The third kappa shape index (κ3) is 7.27.